The number of rotatable bonds is 8. The van der Waals surface area contributed by atoms with E-state index in [9.17, 15) is 4.79 Å². The van der Waals surface area contributed by atoms with Crippen LogP contribution >= 0.6 is 0 Å². The van der Waals surface area contributed by atoms with Gasteiger partial charge in [-0.25, -0.2) is 0 Å². The number of nitrogens with one attached hydrogen (secondary N) is 1. The fourth-order valence-corrected chi connectivity index (χ4v) is 3.22. The Labute approximate surface area is 165 Å². The summed E-state index contributed by atoms with van der Waals surface area (Å²) in [5, 5.41) is 11.2. The fourth-order valence-electron chi connectivity index (χ4n) is 3.22. The molecule has 2 aromatic heterocycles. The molecule has 0 aliphatic heterocycles. The van der Waals surface area contributed by atoms with Gasteiger partial charge in [-0.1, -0.05) is 44.2 Å². The molecule has 6 heteroatoms. The van der Waals surface area contributed by atoms with Gasteiger partial charge in [-0.2, -0.15) is 0 Å². The molecule has 3 rings (SSSR count). The van der Waals surface area contributed by atoms with E-state index in [0.717, 1.165) is 17.5 Å². The molecule has 0 aliphatic carbocycles. The molecule has 0 aliphatic rings. The minimum absolute atomic E-state index is 0.0514. The highest BCUT2D eigenvalue weighted by Gasteiger charge is 2.27. The largest absolute Gasteiger partial charge is 0.423 e. The predicted octanol–water partition coefficient (Wildman–Crippen LogP) is 4.00. The van der Waals surface area contributed by atoms with Crippen molar-refractivity contribution >= 4 is 5.91 Å². The predicted molar refractivity (Wildman–Crippen MR) is 106 cm³/mol. The molecule has 0 saturated heterocycles. The maximum absolute atomic E-state index is 13.3. The summed E-state index contributed by atoms with van der Waals surface area (Å²) < 4.78 is 5.61. The van der Waals surface area contributed by atoms with Gasteiger partial charge in [0.25, 0.3) is 0 Å². The smallest absolute Gasteiger partial charge is 0.238 e. The molecule has 2 atom stereocenters. The standard InChI is InChI=1S/C22H26N4O2/c1-15(2)13-20(22-26-25-16(3)28-22)24-21(27)19(18-7-5-4-6-8-18)14-17-9-11-23-12-10-17/h4-12,15,19-20H,13-14H2,1-3H3,(H,24,27). The van der Waals surface area contributed by atoms with Crippen LogP contribution in [0.5, 0.6) is 0 Å². The van der Waals surface area contributed by atoms with Crippen LogP contribution in [0, 0.1) is 12.8 Å². The van der Waals surface area contributed by atoms with Crippen molar-refractivity contribution in [3.05, 3.63) is 77.8 Å². The van der Waals surface area contributed by atoms with Crippen molar-refractivity contribution in [1.82, 2.24) is 20.5 Å². The molecule has 3 aromatic rings. The first kappa shape index (κ1) is 19.7. The number of hydrogen-bond acceptors (Lipinski definition) is 5. The number of hydrogen-bond donors (Lipinski definition) is 1. The highest BCUT2D eigenvalue weighted by molar-refractivity contribution is 5.84. The number of carbonyl (C=O) groups is 1. The second kappa shape index (κ2) is 9.26. The summed E-state index contributed by atoms with van der Waals surface area (Å²) in [6, 6.07) is 13.4. The van der Waals surface area contributed by atoms with Crippen LogP contribution in [0.25, 0.3) is 0 Å². The van der Waals surface area contributed by atoms with E-state index < -0.39 is 0 Å². The van der Waals surface area contributed by atoms with E-state index in [1.54, 1.807) is 19.3 Å². The lowest BCUT2D eigenvalue weighted by atomic mass is 9.91. The second-order valence-corrected chi connectivity index (χ2v) is 7.37. The summed E-state index contributed by atoms with van der Waals surface area (Å²) in [7, 11) is 0. The van der Waals surface area contributed by atoms with Crippen molar-refractivity contribution in [3.8, 4) is 0 Å². The maximum atomic E-state index is 13.3. The number of carbonyl (C=O) groups excluding carboxylic acids is 1. The van der Waals surface area contributed by atoms with Gasteiger partial charge in [0.1, 0.15) is 6.04 Å². The van der Waals surface area contributed by atoms with Crippen LogP contribution < -0.4 is 5.32 Å². The average Bonchev–Trinajstić information content (AvgIpc) is 3.13. The summed E-state index contributed by atoms with van der Waals surface area (Å²) in [5.41, 5.74) is 2.04. The Morgan fingerprint density at radius 1 is 1.07 bits per heavy atom. The zero-order valence-corrected chi connectivity index (χ0v) is 16.5. The van der Waals surface area contributed by atoms with Crippen molar-refractivity contribution in [3.63, 3.8) is 0 Å². The van der Waals surface area contributed by atoms with Gasteiger partial charge in [-0.3, -0.25) is 9.78 Å². The lowest BCUT2D eigenvalue weighted by Gasteiger charge is -2.22. The van der Waals surface area contributed by atoms with Crippen LogP contribution in [0.15, 0.2) is 59.3 Å². The summed E-state index contributed by atoms with van der Waals surface area (Å²) in [4.78, 5) is 17.4. The van der Waals surface area contributed by atoms with Crippen LogP contribution in [-0.4, -0.2) is 21.1 Å². The van der Waals surface area contributed by atoms with Crippen LogP contribution in [0.1, 0.15) is 55.1 Å². The van der Waals surface area contributed by atoms with Crippen LogP contribution in [0.3, 0.4) is 0 Å². The van der Waals surface area contributed by atoms with Gasteiger partial charge in [-0.05, 0) is 42.0 Å². The highest BCUT2D eigenvalue weighted by Crippen LogP contribution is 2.25. The molecule has 0 radical (unpaired) electrons. The summed E-state index contributed by atoms with van der Waals surface area (Å²) in [5.74, 6) is 0.948. The minimum atomic E-state index is -0.317. The van der Waals surface area contributed by atoms with Gasteiger partial charge in [0, 0.05) is 19.3 Å². The molecule has 0 saturated carbocycles. The number of aryl methyl sites for hydroxylation is 1. The van der Waals surface area contributed by atoms with Gasteiger partial charge in [0.15, 0.2) is 0 Å². The molecule has 0 spiro atoms. The first-order valence-electron chi connectivity index (χ1n) is 9.57. The average molecular weight is 378 g/mol. The van der Waals surface area contributed by atoms with E-state index in [-0.39, 0.29) is 17.9 Å². The quantitative estimate of drug-likeness (QED) is 0.641. The van der Waals surface area contributed by atoms with E-state index in [1.165, 1.54) is 0 Å². The van der Waals surface area contributed by atoms with Crippen molar-refractivity contribution in [2.75, 3.05) is 0 Å². The van der Waals surface area contributed by atoms with Gasteiger partial charge in [0.05, 0.1) is 5.92 Å². The first-order chi connectivity index (χ1) is 13.5. The number of amides is 1. The van der Waals surface area contributed by atoms with Gasteiger partial charge >= 0.3 is 0 Å². The molecule has 1 aromatic carbocycles. The van der Waals surface area contributed by atoms with Crippen molar-refractivity contribution in [1.29, 1.82) is 0 Å². The molecule has 2 unspecified atom stereocenters. The molecule has 146 valence electrons. The molecular weight excluding hydrogens is 352 g/mol. The Kier molecular flexibility index (Phi) is 6.53. The molecule has 1 N–H and O–H groups in total. The Morgan fingerprint density at radius 2 is 1.79 bits per heavy atom. The van der Waals surface area contributed by atoms with Crippen LogP contribution in [0.4, 0.5) is 0 Å². The Balaban J connectivity index is 1.84. The van der Waals surface area contributed by atoms with E-state index in [2.05, 4.69) is 34.3 Å². The van der Waals surface area contributed by atoms with Crippen LogP contribution in [0.2, 0.25) is 0 Å². The molecular formula is C22H26N4O2. The zero-order chi connectivity index (χ0) is 19.9. The first-order valence-corrected chi connectivity index (χ1v) is 9.57. The highest BCUT2D eigenvalue weighted by atomic mass is 16.4. The monoisotopic (exact) mass is 378 g/mol. The maximum Gasteiger partial charge on any atom is 0.238 e. The fraction of sp³-hybridized carbons (Fsp3) is 0.364. The summed E-state index contributed by atoms with van der Waals surface area (Å²) >= 11 is 0. The molecule has 28 heavy (non-hydrogen) atoms. The third-order valence-electron chi connectivity index (χ3n) is 4.57. The Morgan fingerprint density at radius 3 is 2.39 bits per heavy atom. The molecule has 0 bridgehead atoms. The Hall–Kier alpha value is -3.02. The third kappa shape index (κ3) is 5.25. The zero-order valence-electron chi connectivity index (χ0n) is 16.5. The minimum Gasteiger partial charge on any atom is -0.423 e. The van der Waals surface area contributed by atoms with E-state index in [0.29, 0.717) is 24.1 Å². The number of pyridine rings is 1. The second-order valence-electron chi connectivity index (χ2n) is 7.37. The van der Waals surface area contributed by atoms with Crippen molar-refractivity contribution in [2.45, 2.75) is 45.6 Å². The van der Waals surface area contributed by atoms with E-state index in [4.69, 9.17) is 4.42 Å². The van der Waals surface area contributed by atoms with Gasteiger partial charge in [-0.15, -0.1) is 10.2 Å². The number of benzene rings is 1. The van der Waals surface area contributed by atoms with Crippen molar-refractivity contribution in [2.24, 2.45) is 5.92 Å². The summed E-state index contributed by atoms with van der Waals surface area (Å²) in [6.07, 6.45) is 4.82. The summed E-state index contributed by atoms with van der Waals surface area (Å²) in [6.45, 7) is 5.96. The van der Waals surface area contributed by atoms with E-state index in [1.807, 2.05) is 42.5 Å². The topological polar surface area (TPSA) is 80.9 Å². The van der Waals surface area contributed by atoms with Gasteiger partial charge in [0.2, 0.25) is 17.7 Å². The molecule has 1 amide bonds. The van der Waals surface area contributed by atoms with Crippen LogP contribution in [-0.2, 0) is 11.2 Å². The van der Waals surface area contributed by atoms with Gasteiger partial charge < -0.3 is 9.73 Å². The SMILES string of the molecule is Cc1nnc(C(CC(C)C)NC(=O)C(Cc2ccncc2)c2ccccc2)o1. The molecule has 0 fully saturated rings. The molecule has 2 heterocycles. The Bertz CT molecular complexity index is 878. The third-order valence-corrected chi connectivity index (χ3v) is 4.57. The number of aromatic nitrogens is 3. The normalized spacial score (nSPS) is 13.3. The van der Waals surface area contributed by atoms with E-state index >= 15 is 0 Å². The molecule has 6 nitrogen and oxygen atoms in total. The van der Waals surface area contributed by atoms with Crippen molar-refractivity contribution < 1.29 is 9.21 Å². The lowest BCUT2D eigenvalue weighted by Crippen LogP contribution is -2.34. The lowest BCUT2D eigenvalue weighted by molar-refractivity contribution is -0.123. The number of nitrogens with zero attached hydrogens (tertiary/aromatic N) is 3.